The SMILES string of the molecule is Cc1ccc(S(=O)(=O)NC(=O)c2noc(C(CCCC3CCCCC3)CC(=O)OC(C)(C)C)n2)cc1. The number of carbonyl (C=O) groups is 2. The summed E-state index contributed by atoms with van der Waals surface area (Å²) in [4.78, 5) is 29.3. The lowest BCUT2D eigenvalue weighted by molar-refractivity contribution is -0.155. The zero-order valence-corrected chi connectivity index (χ0v) is 22.4. The molecule has 1 atom stereocenters. The molecule has 0 aliphatic heterocycles. The minimum absolute atomic E-state index is 0.0346. The molecule has 198 valence electrons. The number of aryl methyl sites for hydroxylation is 1. The van der Waals surface area contributed by atoms with Gasteiger partial charge < -0.3 is 9.26 Å². The third kappa shape index (κ3) is 8.43. The Bertz CT molecular complexity index is 1130. The lowest BCUT2D eigenvalue weighted by Crippen LogP contribution is -2.31. The number of ether oxygens (including phenoxy) is 1. The Balaban J connectivity index is 1.69. The van der Waals surface area contributed by atoms with E-state index in [0.717, 1.165) is 18.4 Å². The number of benzene rings is 1. The van der Waals surface area contributed by atoms with Gasteiger partial charge in [-0.3, -0.25) is 9.59 Å². The molecule has 1 amide bonds. The average Bonchev–Trinajstić information content (AvgIpc) is 3.28. The van der Waals surface area contributed by atoms with Crippen LogP contribution in [0.3, 0.4) is 0 Å². The minimum atomic E-state index is -4.10. The van der Waals surface area contributed by atoms with Crippen LogP contribution in [0.25, 0.3) is 0 Å². The van der Waals surface area contributed by atoms with E-state index in [1.807, 2.05) is 11.6 Å². The number of rotatable bonds is 10. The molecule has 1 heterocycles. The Hall–Kier alpha value is -2.75. The Morgan fingerprint density at radius 1 is 1.14 bits per heavy atom. The summed E-state index contributed by atoms with van der Waals surface area (Å²) in [5, 5.41) is 3.69. The first-order chi connectivity index (χ1) is 16.9. The summed E-state index contributed by atoms with van der Waals surface area (Å²) in [5.41, 5.74) is 0.260. The van der Waals surface area contributed by atoms with E-state index < -0.39 is 39.2 Å². The highest BCUT2D eigenvalue weighted by molar-refractivity contribution is 7.90. The number of nitrogens with zero attached hydrogens (tertiary/aromatic N) is 2. The van der Waals surface area contributed by atoms with Gasteiger partial charge in [-0.05, 0) is 52.2 Å². The first-order valence-corrected chi connectivity index (χ1v) is 14.1. The molecule has 10 heteroatoms. The summed E-state index contributed by atoms with van der Waals surface area (Å²) in [6.45, 7) is 7.23. The molecule has 1 aromatic heterocycles. The molecule has 0 saturated heterocycles. The van der Waals surface area contributed by atoms with Crippen LogP contribution < -0.4 is 4.72 Å². The fourth-order valence-corrected chi connectivity index (χ4v) is 5.41. The molecule has 2 aromatic rings. The molecular formula is C26H37N3O6S. The van der Waals surface area contributed by atoms with Crippen molar-refractivity contribution >= 4 is 21.9 Å². The Morgan fingerprint density at radius 3 is 2.44 bits per heavy atom. The monoisotopic (exact) mass is 519 g/mol. The van der Waals surface area contributed by atoms with Gasteiger partial charge in [0.05, 0.1) is 11.3 Å². The van der Waals surface area contributed by atoms with Crippen molar-refractivity contribution < 1.29 is 27.3 Å². The highest BCUT2D eigenvalue weighted by atomic mass is 32.2. The summed E-state index contributed by atoms with van der Waals surface area (Å²) < 4.78 is 37.9. The highest BCUT2D eigenvalue weighted by Gasteiger charge is 2.29. The van der Waals surface area contributed by atoms with Crippen molar-refractivity contribution in [3.8, 4) is 0 Å². The third-order valence-electron chi connectivity index (χ3n) is 6.28. The maximum absolute atomic E-state index is 12.6. The van der Waals surface area contributed by atoms with Gasteiger partial charge in [0.1, 0.15) is 5.60 Å². The van der Waals surface area contributed by atoms with Gasteiger partial charge in [-0.25, -0.2) is 13.1 Å². The number of carbonyl (C=O) groups excluding carboxylic acids is 2. The van der Waals surface area contributed by atoms with Gasteiger partial charge in [-0.1, -0.05) is 67.8 Å². The maximum Gasteiger partial charge on any atom is 0.307 e. The minimum Gasteiger partial charge on any atom is -0.460 e. The van der Waals surface area contributed by atoms with Crippen LogP contribution in [-0.2, 0) is 19.6 Å². The topological polar surface area (TPSA) is 128 Å². The van der Waals surface area contributed by atoms with Crippen LogP contribution in [0.4, 0.5) is 0 Å². The normalized spacial score (nSPS) is 15.9. The second-order valence-corrected chi connectivity index (χ2v) is 12.3. The summed E-state index contributed by atoms with van der Waals surface area (Å²) in [5.74, 6) is -1.40. The lowest BCUT2D eigenvalue weighted by atomic mass is 9.84. The van der Waals surface area contributed by atoms with Crippen molar-refractivity contribution in [1.82, 2.24) is 14.9 Å². The molecule has 3 rings (SSSR count). The van der Waals surface area contributed by atoms with Crippen LogP contribution in [0.1, 0.15) is 107 Å². The lowest BCUT2D eigenvalue weighted by Gasteiger charge is -2.23. The third-order valence-corrected chi connectivity index (χ3v) is 7.62. The van der Waals surface area contributed by atoms with E-state index in [4.69, 9.17) is 9.26 Å². The quantitative estimate of drug-likeness (QED) is 0.431. The molecule has 0 radical (unpaired) electrons. The van der Waals surface area contributed by atoms with E-state index in [1.165, 1.54) is 44.2 Å². The molecule has 0 spiro atoms. The Kier molecular flexibility index (Phi) is 9.27. The second-order valence-electron chi connectivity index (χ2n) is 10.6. The summed E-state index contributed by atoms with van der Waals surface area (Å²) in [6.07, 6.45) is 8.88. The maximum atomic E-state index is 12.6. The van der Waals surface area contributed by atoms with Crippen LogP contribution in [0.2, 0.25) is 0 Å². The number of sulfonamides is 1. The van der Waals surface area contributed by atoms with Crippen molar-refractivity contribution in [2.75, 3.05) is 0 Å². The van der Waals surface area contributed by atoms with Crippen molar-refractivity contribution in [2.45, 2.75) is 102 Å². The van der Waals surface area contributed by atoms with Gasteiger partial charge in [0.2, 0.25) is 5.89 Å². The Labute approximate surface area is 213 Å². The fourth-order valence-electron chi connectivity index (χ4n) is 4.46. The van der Waals surface area contributed by atoms with E-state index in [0.29, 0.717) is 12.3 Å². The predicted molar refractivity (Wildman–Crippen MR) is 134 cm³/mol. The molecule has 1 fully saturated rings. The first kappa shape index (κ1) is 27.8. The van der Waals surface area contributed by atoms with Crippen LogP contribution in [0, 0.1) is 12.8 Å². The fraction of sp³-hybridized carbons (Fsp3) is 0.615. The number of aromatic nitrogens is 2. The zero-order chi connectivity index (χ0) is 26.3. The molecule has 1 aliphatic carbocycles. The average molecular weight is 520 g/mol. The molecular weight excluding hydrogens is 482 g/mol. The highest BCUT2D eigenvalue weighted by Crippen LogP contribution is 2.31. The second kappa shape index (κ2) is 12.0. The standard InChI is InChI=1S/C26H37N3O6S/c1-18-13-15-21(16-14-18)36(32,33)29-24(31)23-27-25(35-28-23)20(17-22(30)34-26(2,3)4)12-8-11-19-9-6-5-7-10-19/h13-16,19-20H,5-12,17H2,1-4H3,(H,29,31). The summed E-state index contributed by atoms with van der Waals surface area (Å²) >= 11 is 0. The summed E-state index contributed by atoms with van der Waals surface area (Å²) in [7, 11) is -4.10. The van der Waals surface area contributed by atoms with Crippen molar-refractivity contribution in [3.05, 3.63) is 41.5 Å². The van der Waals surface area contributed by atoms with E-state index in [2.05, 4.69) is 10.1 Å². The molecule has 36 heavy (non-hydrogen) atoms. The van der Waals surface area contributed by atoms with E-state index in [9.17, 15) is 18.0 Å². The number of hydrogen-bond acceptors (Lipinski definition) is 8. The molecule has 0 bridgehead atoms. The molecule has 9 nitrogen and oxygen atoms in total. The molecule has 1 unspecified atom stereocenters. The largest absolute Gasteiger partial charge is 0.460 e. The Morgan fingerprint density at radius 2 is 1.81 bits per heavy atom. The van der Waals surface area contributed by atoms with E-state index >= 15 is 0 Å². The zero-order valence-electron chi connectivity index (χ0n) is 21.6. The van der Waals surface area contributed by atoms with Gasteiger partial charge >= 0.3 is 11.9 Å². The van der Waals surface area contributed by atoms with Gasteiger partial charge in [-0.2, -0.15) is 4.98 Å². The van der Waals surface area contributed by atoms with Crippen LogP contribution >= 0.6 is 0 Å². The number of esters is 1. The smallest absolute Gasteiger partial charge is 0.307 e. The van der Waals surface area contributed by atoms with Gasteiger partial charge in [-0.15, -0.1) is 0 Å². The summed E-state index contributed by atoms with van der Waals surface area (Å²) in [6, 6.07) is 6.10. The van der Waals surface area contributed by atoms with Gasteiger partial charge in [0, 0.05) is 5.92 Å². The van der Waals surface area contributed by atoms with Crippen LogP contribution in [0.5, 0.6) is 0 Å². The van der Waals surface area contributed by atoms with Crippen LogP contribution in [-0.4, -0.2) is 36.0 Å². The predicted octanol–water partition coefficient (Wildman–Crippen LogP) is 5.06. The number of amides is 1. The van der Waals surface area contributed by atoms with E-state index in [1.54, 1.807) is 32.9 Å². The van der Waals surface area contributed by atoms with Gasteiger partial charge in [0.25, 0.3) is 15.8 Å². The van der Waals surface area contributed by atoms with Crippen molar-refractivity contribution in [1.29, 1.82) is 0 Å². The van der Waals surface area contributed by atoms with E-state index in [-0.39, 0.29) is 17.2 Å². The molecule has 1 aliphatic rings. The van der Waals surface area contributed by atoms with Gasteiger partial charge in [0.15, 0.2) is 0 Å². The molecule has 1 aromatic carbocycles. The number of hydrogen-bond donors (Lipinski definition) is 1. The first-order valence-electron chi connectivity index (χ1n) is 12.6. The van der Waals surface area contributed by atoms with Crippen molar-refractivity contribution in [3.63, 3.8) is 0 Å². The van der Waals surface area contributed by atoms with Crippen LogP contribution in [0.15, 0.2) is 33.7 Å². The van der Waals surface area contributed by atoms with Crippen molar-refractivity contribution in [2.24, 2.45) is 5.92 Å². The number of nitrogens with one attached hydrogen (secondary N) is 1. The molecule has 1 N–H and O–H groups in total. The molecule has 1 saturated carbocycles.